The number of rotatable bonds is 3. The van der Waals surface area contributed by atoms with Crippen molar-refractivity contribution in [2.45, 2.75) is 30.6 Å². The second-order valence-electron chi connectivity index (χ2n) is 4.71. The van der Waals surface area contributed by atoms with Gasteiger partial charge >= 0.3 is 0 Å². The minimum atomic E-state index is -3.16. The molecule has 1 aromatic carbocycles. The molecule has 0 aromatic heterocycles. The first-order valence-electron chi connectivity index (χ1n) is 6.00. The van der Waals surface area contributed by atoms with Crippen LogP contribution in [-0.2, 0) is 10.0 Å². The third-order valence-electron chi connectivity index (χ3n) is 3.30. The summed E-state index contributed by atoms with van der Waals surface area (Å²) in [5, 5.41) is -0.184. The summed E-state index contributed by atoms with van der Waals surface area (Å²) in [7, 11) is -3.16. The van der Waals surface area contributed by atoms with Crippen LogP contribution in [0.3, 0.4) is 0 Å². The standard InChI is InChI=1S/C12H14BrNO3S/c13-10-3-1-2-9-11(6-7-17-12(9)10)14-18(15,16)8-4-5-8/h1-3,8,11,14H,4-7H2. The molecule has 1 fully saturated rings. The first-order chi connectivity index (χ1) is 8.58. The van der Waals surface area contributed by atoms with Crippen LogP contribution in [0, 0.1) is 0 Å². The smallest absolute Gasteiger partial charge is 0.215 e. The van der Waals surface area contributed by atoms with Gasteiger partial charge in [-0.05, 0) is 34.8 Å². The van der Waals surface area contributed by atoms with Crippen molar-refractivity contribution in [3.63, 3.8) is 0 Å². The molecule has 0 spiro atoms. The van der Waals surface area contributed by atoms with E-state index in [0.717, 1.165) is 28.6 Å². The molecular formula is C12H14BrNO3S. The molecule has 1 heterocycles. The molecule has 1 unspecified atom stereocenters. The maximum atomic E-state index is 12.0. The number of hydrogen-bond donors (Lipinski definition) is 1. The van der Waals surface area contributed by atoms with Gasteiger partial charge in [0.25, 0.3) is 0 Å². The molecule has 1 aromatic rings. The van der Waals surface area contributed by atoms with Gasteiger partial charge in [0.05, 0.1) is 22.4 Å². The lowest BCUT2D eigenvalue weighted by atomic mass is 10.0. The van der Waals surface area contributed by atoms with Crippen LogP contribution in [-0.4, -0.2) is 20.3 Å². The van der Waals surface area contributed by atoms with Gasteiger partial charge in [-0.15, -0.1) is 0 Å². The van der Waals surface area contributed by atoms with Crippen molar-refractivity contribution in [2.24, 2.45) is 0 Å². The van der Waals surface area contributed by atoms with E-state index in [4.69, 9.17) is 4.74 Å². The summed E-state index contributed by atoms with van der Waals surface area (Å²) in [6.45, 7) is 0.535. The van der Waals surface area contributed by atoms with Crippen LogP contribution in [0.1, 0.15) is 30.9 Å². The number of para-hydroxylation sites is 1. The van der Waals surface area contributed by atoms with Crippen molar-refractivity contribution in [2.75, 3.05) is 6.61 Å². The fourth-order valence-corrected chi connectivity index (χ4v) is 4.27. The average Bonchev–Trinajstić information content (AvgIpc) is 3.14. The molecule has 18 heavy (non-hydrogen) atoms. The van der Waals surface area contributed by atoms with Gasteiger partial charge in [0.2, 0.25) is 10.0 Å². The predicted octanol–water partition coefficient (Wildman–Crippen LogP) is 2.35. The Hall–Kier alpha value is -0.590. The van der Waals surface area contributed by atoms with Crippen LogP contribution in [0.4, 0.5) is 0 Å². The molecule has 1 aliphatic heterocycles. The zero-order valence-corrected chi connectivity index (χ0v) is 12.1. The van der Waals surface area contributed by atoms with Gasteiger partial charge in [-0.3, -0.25) is 0 Å². The van der Waals surface area contributed by atoms with Crippen molar-refractivity contribution in [1.82, 2.24) is 4.72 Å². The highest BCUT2D eigenvalue weighted by atomic mass is 79.9. The SMILES string of the molecule is O=S(=O)(NC1CCOc2c(Br)cccc21)C1CC1. The maximum absolute atomic E-state index is 12.0. The molecule has 0 saturated heterocycles. The maximum Gasteiger partial charge on any atom is 0.215 e. The second kappa shape index (κ2) is 4.51. The lowest BCUT2D eigenvalue weighted by Gasteiger charge is -2.27. The van der Waals surface area contributed by atoms with E-state index in [0.29, 0.717) is 13.0 Å². The minimum absolute atomic E-state index is 0.170. The Kier molecular flexibility index (Phi) is 3.11. The summed E-state index contributed by atoms with van der Waals surface area (Å²) >= 11 is 3.43. The van der Waals surface area contributed by atoms with E-state index in [9.17, 15) is 8.42 Å². The van der Waals surface area contributed by atoms with Crippen LogP contribution in [0.15, 0.2) is 22.7 Å². The lowest BCUT2D eigenvalue weighted by molar-refractivity contribution is 0.261. The number of benzene rings is 1. The van der Waals surface area contributed by atoms with Crippen molar-refractivity contribution < 1.29 is 13.2 Å². The number of sulfonamides is 1. The van der Waals surface area contributed by atoms with Crippen LogP contribution in [0.2, 0.25) is 0 Å². The van der Waals surface area contributed by atoms with E-state index >= 15 is 0 Å². The third-order valence-corrected chi connectivity index (χ3v) is 5.88. The van der Waals surface area contributed by atoms with Crippen molar-refractivity contribution in [1.29, 1.82) is 0 Å². The molecule has 1 atom stereocenters. The van der Waals surface area contributed by atoms with Gasteiger partial charge in [-0.1, -0.05) is 12.1 Å². The van der Waals surface area contributed by atoms with E-state index in [1.54, 1.807) is 0 Å². The summed E-state index contributed by atoms with van der Waals surface area (Å²) in [5.74, 6) is 0.757. The highest BCUT2D eigenvalue weighted by molar-refractivity contribution is 9.10. The summed E-state index contributed by atoms with van der Waals surface area (Å²) in [5.41, 5.74) is 0.917. The van der Waals surface area contributed by atoms with Gasteiger partial charge in [-0.2, -0.15) is 0 Å². The first kappa shape index (κ1) is 12.4. The Labute approximate surface area is 115 Å². The highest BCUT2D eigenvalue weighted by Crippen LogP contribution is 2.39. The molecule has 6 heteroatoms. The van der Waals surface area contributed by atoms with E-state index < -0.39 is 10.0 Å². The minimum Gasteiger partial charge on any atom is -0.492 e. The molecule has 1 N–H and O–H groups in total. The number of fused-ring (bicyclic) bond motifs is 1. The first-order valence-corrected chi connectivity index (χ1v) is 8.34. The molecule has 0 amide bonds. The van der Waals surface area contributed by atoms with E-state index in [1.165, 1.54) is 0 Å². The quantitative estimate of drug-likeness (QED) is 0.924. The summed E-state index contributed by atoms with van der Waals surface area (Å²) in [6.07, 6.45) is 2.24. The van der Waals surface area contributed by atoms with E-state index in [1.807, 2.05) is 18.2 Å². The zero-order chi connectivity index (χ0) is 12.8. The van der Waals surface area contributed by atoms with Crippen LogP contribution >= 0.6 is 15.9 Å². The van der Waals surface area contributed by atoms with Crippen LogP contribution < -0.4 is 9.46 Å². The third kappa shape index (κ3) is 2.29. The summed E-state index contributed by atoms with van der Waals surface area (Å²) in [6, 6.07) is 5.54. The average molecular weight is 332 g/mol. The fraction of sp³-hybridized carbons (Fsp3) is 0.500. The van der Waals surface area contributed by atoms with Gasteiger partial charge in [-0.25, -0.2) is 13.1 Å². The normalized spacial score (nSPS) is 23.3. The Morgan fingerprint density at radius 3 is 2.78 bits per heavy atom. The molecule has 1 aliphatic carbocycles. The highest BCUT2D eigenvalue weighted by Gasteiger charge is 2.38. The molecule has 2 aliphatic rings. The Bertz CT molecular complexity index is 569. The molecule has 0 radical (unpaired) electrons. The van der Waals surface area contributed by atoms with Gasteiger partial charge in [0.1, 0.15) is 5.75 Å². The molecule has 4 nitrogen and oxygen atoms in total. The molecule has 0 bridgehead atoms. The van der Waals surface area contributed by atoms with Gasteiger partial charge in [0, 0.05) is 12.0 Å². The summed E-state index contributed by atoms with van der Waals surface area (Å²) < 4.78 is 33.3. The molecule has 3 rings (SSSR count). The van der Waals surface area contributed by atoms with Crippen molar-refractivity contribution >= 4 is 26.0 Å². The number of halogens is 1. The van der Waals surface area contributed by atoms with Gasteiger partial charge < -0.3 is 4.74 Å². The second-order valence-corrected chi connectivity index (χ2v) is 7.56. The Morgan fingerprint density at radius 1 is 1.28 bits per heavy atom. The lowest BCUT2D eigenvalue weighted by Crippen LogP contribution is -2.34. The van der Waals surface area contributed by atoms with Crippen LogP contribution in [0.5, 0.6) is 5.75 Å². The summed E-state index contributed by atoms with van der Waals surface area (Å²) in [4.78, 5) is 0. The molecule has 98 valence electrons. The molecule has 1 saturated carbocycles. The Balaban J connectivity index is 1.90. The zero-order valence-electron chi connectivity index (χ0n) is 9.73. The van der Waals surface area contributed by atoms with E-state index in [-0.39, 0.29) is 11.3 Å². The monoisotopic (exact) mass is 331 g/mol. The van der Waals surface area contributed by atoms with E-state index in [2.05, 4.69) is 20.7 Å². The number of ether oxygens (including phenoxy) is 1. The molecular weight excluding hydrogens is 318 g/mol. The predicted molar refractivity (Wildman–Crippen MR) is 72.1 cm³/mol. The fourth-order valence-electron chi connectivity index (χ4n) is 2.18. The van der Waals surface area contributed by atoms with Gasteiger partial charge in [0.15, 0.2) is 0 Å². The number of nitrogens with one attached hydrogen (secondary N) is 1. The van der Waals surface area contributed by atoms with Crippen molar-refractivity contribution in [3.05, 3.63) is 28.2 Å². The topological polar surface area (TPSA) is 55.4 Å². The number of hydrogen-bond acceptors (Lipinski definition) is 3. The van der Waals surface area contributed by atoms with Crippen LogP contribution in [0.25, 0.3) is 0 Å². The largest absolute Gasteiger partial charge is 0.492 e. The van der Waals surface area contributed by atoms with Crippen molar-refractivity contribution in [3.8, 4) is 5.75 Å². The Morgan fingerprint density at radius 2 is 2.06 bits per heavy atom.